The van der Waals surface area contributed by atoms with Gasteiger partial charge in [-0.15, -0.1) is 0 Å². The van der Waals surface area contributed by atoms with Crippen molar-refractivity contribution in [2.45, 2.75) is 44.4 Å². The molecule has 1 N–H and O–H groups in total. The monoisotopic (exact) mass is 333 g/mol. The summed E-state index contributed by atoms with van der Waals surface area (Å²) in [5, 5.41) is 7.65. The second-order valence-corrected chi connectivity index (χ2v) is 6.83. The number of nitrogens with one attached hydrogen (secondary N) is 1. The fourth-order valence-corrected chi connectivity index (χ4v) is 2.99. The van der Waals surface area contributed by atoms with Crippen molar-refractivity contribution in [3.8, 4) is 0 Å². The molecule has 0 saturated heterocycles. The van der Waals surface area contributed by atoms with E-state index in [1.807, 2.05) is 13.0 Å². The molecule has 5 nitrogen and oxygen atoms in total. The summed E-state index contributed by atoms with van der Waals surface area (Å²) in [5.41, 5.74) is 1.46. The Morgan fingerprint density at radius 1 is 1.43 bits per heavy atom. The van der Waals surface area contributed by atoms with Gasteiger partial charge >= 0.3 is 0 Å². The second-order valence-electron chi connectivity index (χ2n) is 5.87. The molecule has 0 aromatic carbocycles. The van der Waals surface area contributed by atoms with Crippen molar-refractivity contribution < 1.29 is 9.32 Å². The Balaban J connectivity index is 1.92. The van der Waals surface area contributed by atoms with E-state index < -0.39 is 0 Å². The van der Waals surface area contributed by atoms with Crippen LogP contribution in [-0.4, -0.2) is 22.6 Å². The largest absolute Gasteiger partial charge is 0.361 e. The minimum absolute atomic E-state index is 0.0688. The van der Waals surface area contributed by atoms with Crippen LogP contribution in [0.15, 0.2) is 33.9 Å². The van der Waals surface area contributed by atoms with Gasteiger partial charge < -0.3 is 9.84 Å². The van der Waals surface area contributed by atoms with E-state index in [1.54, 1.807) is 18.3 Å². The first-order chi connectivity index (χ1) is 11.1. The Bertz CT molecular complexity index is 640. The first-order valence-electron chi connectivity index (χ1n) is 7.84. The minimum atomic E-state index is -0.0688. The third-order valence-corrected chi connectivity index (χ3v) is 4.33. The molecule has 0 spiro atoms. The van der Waals surface area contributed by atoms with E-state index in [4.69, 9.17) is 4.52 Å². The maximum Gasteiger partial charge on any atom is 0.254 e. The standard InChI is InChI=1S/C17H23N3O2S/c1-12(2)6-4-8-18-16(21)15-7-5-9-19-17(15)23-11-14-10-13(3)22-20-14/h5,7,9-10,12H,4,6,8,11H2,1-3H3,(H,18,21). The summed E-state index contributed by atoms with van der Waals surface area (Å²) >= 11 is 1.49. The van der Waals surface area contributed by atoms with Crippen molar-refractivity contribution in [3.05, 3.63) is 41.4 Å². The van der Waals surface area contributed by atoms with Crippen molar-refractivity contribution in [2.24, 2.45) is 5.92 Å². The molecular formula is C17H23N3O2S. The van der Waals surface area contributed by atoms with Crippen LogP contribution in [0.25, 0.3) is 0 Å². The van der Waals surface area contributed by atoms with Gasteiger partial charge in [-0.3, -0.25) is 4.79 Å². The summed E-state index contributed by atoms with van der Waals surface area (Å²) < 4.78 is 5.05. The summed E-state index contributed by atoms with van der Waals surface area (Å²) in [7, 11) is 0. The lowest BCUT2D eigenvalue weighted by atomic mass is 10.1. The number of thioether (sulfide) groups is 1. The zero-order valence-corrected chi connectivity index (χ0v) is 14.7. The zero-order chi connectivity index (χ0) is 16.7. The van der Waals surface area contributed by atoms with Crippen LogP contribution in [0, 0.1) is 12.8 Å². The summed E-state index contributed by atoms with van der Waals surface area (Å²) in [6, 6.07) is 5.48. The SMILES string of the molecule is Cc1cc(CSc2ncccc2C(=O)NCCCC(C)C)no1. The molecule has 0 aliphatic carbocycles. The number of carbonyl (C=O) groups is 1. The molecule has 2 rings (SSSR count). The normalized spacial score (nSPS) is 11.0. The molecule has 0 unspecified atom stereocenters. The lowest BCUT2D eigenvalue weighted by Gasteiger charge is -2.09. The van der Waals surface area contributed by atoms with E-state index >= 15 is 0 Å². The first kappa shape index (κ1) is 17.5. The molecule has 2 aromatic rings. The maximum absolute atomic E-state index is 12.3. The van der Waals surface area contributed by atoms with Crippen LogP contribution < -0.4 is 5.32 Å². The van der Waals surface area contributed by atoms with Gasteiger partial charge in [0, 0.05) is 24.6 Å². The molecule has 23 heavy (non-hydrogen) atoms. The lowest BCUT2D eigenvalue weighted by Crippen LogP contribution is -2.25. The summed E-state index contributed by atoms with van der Waals surface area (Å²) in [6.45, 7) is 6.92. The van der Waals surface area contributed by atoms with E-state index in [0.717, 1.165) is 29.3 Å². The number of nitrogens with zero attached hydrogens (tertiary/aromatic N) is 2. The average Bonchev–Trinajstić information content (AvgIpc) is 2.95. The van der Waals surface area contributed by atoms with E-state index in [2.05, 4.69) is 29.3 Å². The van der Waals surface area contributed by atoms with Gasteiger partial charge in [-0.1, -0.05) is 30.8 Å². The molecule has 2 heterocycles. The molecule has 1 amide bonds. The summed E-state index contributed by atoms with van der Waals surface area (Å²) in [4.78, 5) is 16.6. The summed E-state index contributed by atoms with van der Waals surface area (Å²) in [6.07, 6.45) is 3.80. The third-order valence-electron chi connectivity index (χ3n) is 3.29. The van der Waals surface area contributed by atoms with Gasteiger partial charge in [0.2, 0.25) is 0 Å². The van der Waals surface area contributed by atoms with Gasteiger partial charge in [-0.05, 0) is 37.8 Å². The van der Waals surface area contributed by atoms with Crippen molar-refractivity contribution >= 4 is 17.7 Å². The molecule has 6 heteroatoms. The quantitative estimate of drug-likeness (QED) is 0.587. The van der Waals surface area contributed by atoms with Crippen molar-refractivity contribution in [1.29, 1.82) is 0 Å². The molecule has 0 bridgehead atoms. The zero-order valence-electron chi connectivity index (χ0n) is 13.8. The topological polar surface area (TPSA) is 68.0 Å². The first-order valence-corrected chi connectivity index (χ1v) is 8.83. The molecule has 0 atom stereocenters. The van der Waals surface area contributed by atoms with Crippen LogP contribution in [0.2, 0.25) is 0 Å². The Morgan fingerprint density at radius 2 is 2.26 bits per heavy atom. The van der Waals surface area contributed by atoms with Crippen LogP contribution in [0.3, 0.4) is 0 Å². The number of pyridine rings is 1. The highest BCUT2D eigenvalue weighted by Crippen LogP contribution is 2.24. The number of amides is 1. The fraction of sp³-hybridized carbons (Fsp3) is 0.471. The number of carbonyl (C=O) groups excluding carboxylic acids is 1. The van der Waals surface area contributed by atoms with Crippen LogP contribution >= 0.6 is 11.8 Å². The number of rotatable bonds is 8. The minimum Gasteiger partial charge on any atom is -0.361 e. The molecule has 0 aliphatic heterocycles. The van der Waals surface area contributed by atoms with Gasteiger partial charge in [0.15, 0.2) is 0 Å². The number of hydrogen-bond donors (Lipinski definition) is 1. The predicted molar refractivity (Wildman–Crippen MR) is 91.4 cm³/mol. The maximum atomic E-state index is 12.3. The second kappa shape index (κ2) is 8.72. The molecular weight excluding hydrogens is 310 g/mol. The number of aromatic nitrogens is 2. The van der Waals surface area contributed by atoms with Crippen LogP contribution in [0.4, 0.5) is 0 Å². The van der Waals surface area contributed by atoms with Crippen LogP contribution in [0.1, 0.15) is 48.5 Å². The third kappa shape index (κ3) is 5.71. The predicted octanol–water partition coefficient (Wildman–Crippen LogP) is 3.84. The van der Waals surface area contributed by atoms with Gasteiger partial charge in [-0.25, -0.2) is 4.98 Å². The summed E-state index contributed by atoms with van der Waals surface area (Å²) in [5.74, 6) is 2.00. The van der Waals surface area contributed by atoms with E-state index in [0.29, 0.717) is 23.8 Å². The van der Waals surface area contributed by atoms with Crippen molar-refractivity contribution in [3.63, 3.8) is 0 Å². The molecule has 0 radical (unpaired) electrons. The smallest absolute Gasteiger partial charge is 0.254 e. The highest BCUT2D eigenvalue weighted by atomic mass is 32.2. The fourth-order valence-electron chi connectivity index (χ4n) is 2.11. The van der Waals surface area contributed by atoms with E-state index in [1.165, 1.54) is 11.8 Å². The van der Waals surface area contributed by atoms with Gasteiger partial charge in [-0.2, -0.15) is 0 Å². The van der Waals surface area contributed by atoms with E-state index in [-0.39, 0.29) is 5.91 Å². The number of hydrogen-bond acceptors (Lipinski definition) is 5. The molecule has 0 saturated carbocycles. The van der Waals surface area contributed by atoms with Crippen LogP contribution in [-0.2, 0) is 5.75 Å². The van der Waals surface area contributed by atoms with Crippen molar-refractivity contribution in [2.75, 3.05) is 6.54 Å². The highest BCUT2D eigenvalue weighted by Gasteiger charge is 2.13. The van der Waals surface area contributed by atoms with Gasteiger partial charge in [0.25, 0.3) is 5.91 Å². The average molecular weight is 333 g/mol. The number of aryl methyl sites for hydroxylation is 1. The Labute approximate surface area is 141 Å². The Hall–Kier alpha value is -1.82. The van der Waals surface area contributed by atoms with Crippen LogP contribution in [0.5, 0.6) is 0 Å². The molecule has 0 aliphatic rings. The van der Waals surface area contributed by atoms with Crippen molar-refractivity contribution in [1.82, 2.24) is 15.5 Å². The highest BCUT2D eigenvalue weighted by molar-refractivity contribution is 7.98. The van der Waals surface area contributed by atoms with Gasteiger partial charge in [0.1, 0.15) is 10.8 Å². The Kier molecular flexibility index (Phi) is 6.65. The van der Waals surface area contributed by atoms with E-state index in [9.17, 15) is 4.79 Å². The molecule has 0 fully saturated rings. The lowest BCUT2D eigenvalue weighted by molar-refractivity contribution is 0.0949. The Morgan fingerprint density at radius 3 is 2.96 bits per heavy atom. The molecule has 2 aromatic heterocycles. The molecule has 124 valence electrons. The van der Waals surface area contributed by atoms with Gasteiger partial charge in [0.05, 0.1) is 11.3 Å².